The summed E-state index contributed by atoms with van der Waals surface area (Å²) in [5.74, 6) is 0.159. The van der Waals surface area contributed by atoms with Crippen molar-refractivity contribution < 1.29 is 24.5 Å². The van der Waals surface area contributed by atoms with Crippen LogP contribution in [0.5, 0.6) is 17.2 Å². The van der Waals surface area contributed by atoms with Crippen LogP contribution in [0.2, 0.25) is 0 Å². The summed E-state index contributed by atoms with van der Waals surface area (Å²) in [4.78, 5) is 11.3. The van der Waals surface area contributed by atoms with Gasteiger partial charge in [-0.2, -0.15) is 0 Å². The lowest BCUT2D eigenvalue weighted by molar-refractivity contribution is 0.0693. The third-order valence-electron chi connectivity index (χ3n) is 4.88. The van der Waals surface area contributed by atoms with Gasteiger partial charge in [0.2, 0.25) is 0 Å². The van der Waals surface area contributed by atoms with Crippen molar-refractivity contribution in [3.05, 3.63) is 89.5 Å². The Morgan fingerprint density at radius 1 is 0.828 bits per heavy atom. The number of carboxylic acid groups (broad SMARTS) is 1. The summed E-state index contributed by atoms with van der Waals surface area (Å²) >= 11 is 0. The first-order chi connectivity index (χ1) is 13.9. The highest BCUT2D eigenvalue weighted by Crippen LogP contribution is 2.38. The molecule has 0 aromatic heterocycles. The third kappa shape index (κ3) is 4.69. The minimum absolute atomic E-state index is 0.103. The predicted octanol–water partition coefficient (Wildman–Crippen LogP) is 4.87. The van der Waals surface area contributed by atoms with E-state index >= 15 is 0 Å². The van der Waals surface area contributed by atoms with Crippen LogP contribution in [0.3, 0.4) is 0 Å². The van der Waals surface area contributed by atoms with Crippen LogP contribution in [0, 0.1) is 0 Å². The number of rotatable bonds is 8. The molecule has 5 nitrogen and oxygen atoms in total. The number of aromatic carboxylic acids is 1. The van der Waals surface area contributed by atoms with E-state index in [0.717, 1.165) is 11.3 Å². The molecule has 0 radical (unpaired) electrons. The molecule has 0 heterocycles. The number of benzene rings is 3. The van der Waals surface area contributed by atoms with Gasteiger partial charge in [-0.25, -0.2) is 4.79 Å². The van der Waals surface area contributed by atoms with Gasteiger partial charge in [0.1, 0.15) is 36.0 Å². The van der Waals surface area contributed by atoms with E-state index in [1.165, 1.54) is 6.07 Å². The molecule has 0 aliphatic carbocycles. The summed E-state index contributed by atoms with van der Waals surface area (Å²) in [5.41, 5.74) is 0.810. The zero-order valence-electron chi connectivity index (χ0n) is 16.5. The van der Waals surface area contributed by atoms with Gasteiger partial charge in [0.25, 0.3) is 0 Å². The molecule has 2 N–H and O–H groups in total. The number of para-hydroxylation sites is 2. The molecule has 0 spiro atoms. The second-order valence-corrected chi connectivity index (χ2v) is 7.17. The molecule has 0 bridgehead atoms. The molecule has 3 aromatic rings. The van der Waals surface area contributed by atoms with Crippen LogP contribution < -0.4 is 9.47 Å². The number of hydrogen-bond acceptors (Lipinski definition) is 4. The Balaban J connectivity index is 1.66. The smallest absolute Gasteiger partial charge is 0.339 e. The number of ether oxygens (including phenoxy) is 2. The van der Waals surface area contributed by atoms with E-state index in [9.17, 15) is 15.0 Å². The van der Waals surface area contributed by atoms with Crippen LogP contribution in [0.15, 0.2) is 72.8 Å². The molecule has 0 atom stereocenters. The second kappa shape index (κ2) is 8.69. The predicted molar refractivity (Wildman–Crippen MR) is 111 cm³/mol. The second-order valence-electron chi connectivity index (χ2n) is 7.17. The molecule has 3 aromatic carbocycles. The normalized spacial score (nSPS) is 11.1. The van der Waals surface area contributed by atoms with E-state index in [4.69, 9.17) is 9.47 Å². The van der Waals surface area contributed by atoms with Crippen LogP contribution in [-0.2, 0) is 5.41 Å². The van der Waals surface area contributed by atoms with Crippen LogP contribution in [0.25, 0.3) is 0 Å². The fraction of sp³-hybridized carbons (Fsp3) is 0.208. The minimum atomic E-state index is -1.15. The van der Waals surface area contributed by atoms with Gasteiger partial charge in [0.05, 0.1) is 0 Å². The van der Waals surface area contributed by atoms with E-state index in [1.807, 2.05) is 68.4 Å². The lowest BCUT2D eigenvalue weighted by atomic mass is 9.77. The molecular weight excluding hydrogens is 368 g/mol. The number of phenols is 1. The Hall–Kier alpha value is -3.47. The first-order valence-corrected chi connectivity index (χ1v) is 9.36. The van der Waals surface area contributed by atoms with Gasteiger partial charge in [-0.3, -0.25) is 0 Å². The van der Waals surface area contributed by atoms with Gasteiger partial charge in [-0.05, 0) is 35.9 Å². The Kier molecular flexibility index (Phi) is 6.07. The largest absolute Gasteiger partial charge is 0.507 e. The van der Waals surface area contributed by atoms with Crippen molar-refractivity contribution in [3.63, 3.8) is 0 Å². The maximum absolute atomic E-state index is 11.3. The van der Waals surface area contributed by atoms with E-state index < -0.39 is 11.4 Å². The number of aromatic hydroxyl groups is 1. The van der Waals surface area contributed by atoms with Gasteiger partial charge in [0, 0.05) is 11.0 Å². The molecular formula is C24H24O5. The third-order valence-corrected chi connectivity index (χ3v) is 4.88. The summed E-state index contributed by atoms with van der Waals surface area (Å²) < 4.78 is 11.3. The van der Waals surface area contributed by atoms with Crippen molar-refractivity contribution in [2.24, 2.45) is 0 Å². The van der Waals surface area contributed by atoms with E-state index in [1.54, 1.807) is 12.1 Å². The highest BCUT2D eigenvalue weighted by molar-refractivity contribution is 5.91. The van der Waals surface area contributed by atoms with Crippen LogP contribution in [-0.4, -0.2) is 29.4 Å². The Labute approximate surface area is 170 Å². The summed E-state index contributed by atoms with van der Waals surface area (Å²) in [7, 11) is 0. The standard InChI is InChI=1S/C24H24O5/c1-24(2,21-10-6-9-20(22(21)25)23(26)27)17-11-13-19(14-12-17)29-16-15-28-18-7-4-3-5-8-18/h3-14,25H,15-16H2,1-2H3,(H,26,27). The van der Waals surface area contributed by atoms with Crippen LogP contribution >= 0.6 is 0 Å². The fourth-order valence-corrected chi connectivity index (χ4v) is 3.18. The lowest BCUT2D eigenvalue weighted by Gasteiger charge is -2.27. The van der Waals surface area contributed by atoms with Crippen molar-refractivity contribution in [1.29, 1.82) is 0 Å². The summed E-state index contributed by atoms with van der Waals surface area (Å²) in [6.07, 6.45) is 0. The lowest BCUT2D eigenvalue weighted by Crippen LogP contribution is -2.20. The quantitative estimate of drug-likeness (QED) is 0.535. The summed E-state index contributed by atoms with van der Waals surface area (Å²) in [5, 5.41) is 19.7. The van der Waals surface area contributed by atoms with Gasteiger partial charge in [-0.15, -0.1) is 0 Å². The van der Waals surface area contributed by atoms with Gasteiger partial charge in [-0.1, -0.05) is 56.3 Å². The average molecular weight is 392 g/mol. The van der Waals surface area contributed by atoms with E-state index in [2.05, 4.69) is 0 Å². The van der Waals surface area contributed by atoms with Crippen molar-refractivity contribution in [1.82, 2.24) is 0 Å². The Bertz CT molecular complexity index is 962. The summed E-state index contributed by atoms with van der Waals surface area (Å²) in [6, 6.07) is 21.9. The van der Waals surface area contributed by atoms with Crippen molar-refractivity contribution in [2.45, 2.75) is 19.3 Å². The molecule has 5 heteroatoms. The van der Waals surface area contributed by atoms with Crippen molar-refractivity contribution in [3.8, 4) is 17.2 Å². The molecule has 150 valence electrons. The number of carboxylic acids is 1. The maximum atomic E-state index is 11.3. The van der Waals surface area contributed by atoms with Gasteiger partial charge in [0.15, 0.2) is 0 Å². The number of hydrogen-bond donors (Lipinski definition) is 2. The highest BCUT2D eigenvalue weighted by Gasteiger charge is 2.28. The Morgan fingerprint density at radius 2 is 1.41 bits per heavy atom. The molecule has 0 amide bonds. The highest BCUT2D eigenvalue weighted by atomic mass is 16.5. The van der Waals surface area contributed by atoms with Gasteiger partial charge >= 0.3 is 5.97 Å². The van der Waals surface area contributed by atoms with E-state index in [0.29, 0.717) is 24.5 Å². The molecule has 3 rings (SSSR count). The zero-order chi connectivity index (χ0) is 20.9. The molecule has 0 saturated carbocycles. The average Bonchev–Trinajstić information content (AvgIpc) is 2.72. The van der Waals surface area contributed by atoms with Crippen LogP contribution in [0.4, 0.5) is 0 Å². The fourth-order valence-electron chi connectivity index (χ4n) is 3.18. The maximum Gasteiger partial charge on any atom is 0.339 e. The SMILES string of the molecule is CC(C)(c1ccc(OCCOc2ccccc2)cc1)c1cccc(C(=O)O)c1O. The van der Waals surface area contributed by atoms with Crippen molar-refractivity contribution >= 4 is 5.97 Å². The monoisotopic (exact) mass is 392 g/mol. The minimum Gasteiger partial charge on any atom is -0.507 e. The zero-order valence-corrected chi connectivity index (χ0v) is 16.5. The molecule has 0 aliphatic rings. The number of carbonyl (C=O) groups is 1. The Morgan fingerprint density at radius 3 is 2.00 bits per heavy atom. The van der Waals surface area contributed by atoms with E-state index in [-0.39, 0.29) is 11.3 Å². The first kappa shape index (κ1) is 20.3. The first-order valence-electron chi connectivity index (χ1n) is 9.36. The van der Waals surface area contributed by atoms with Crippen LogP contribution in [0.1, 0.15) is 35.3 Å². The molecule has 0 aliphatic heterocycles. The molecule has 0 unspecified atom stereocenters. The molecule has 29 heavy (non-hydrogen) atoms. The molecule has 0 fully saturated rings. The van der Waals surface area contributed by atoms with Crippen molar-refractivity contribution in [2.75, 3.05) is 13.2 Å². The van der Waals surface area contributed by atoms with Gasteiger partial charge < -0.3 is 19.7 Å². The molecule has 0 saturated heterocycles. The summed E-state index contributed by atoms with van der Waals surface area (Å²) in [6.45, 7) is 4.74. The topological polar surface area (TPSA) is 76.0 Å².